The number of ether oxygens (including phenoxy) is 1. The Balaban J connectivity index is 1.80. The molecule has 0 spiro atoms. The number of nitrogens with zero attached hydrogens (tertiary/aromatic N) is 5. The smallest absolute Gasteiger partial charge is 0.274 e. The number of fused-ring (bicyclic) bond motifs is 3. The minimum absolute atomic E-state index is 0.171. The Labute approximate surface area is 149 Å². The summed E-state index contributed by atoms with van der Waals surface area (Å²) in [5.74, 6) is 1.41. The molecule has 1 aliphatic rings. The molecular weight excluding hydrogens is 336 g/mol. The fraction of sp³-hybridized carbons (Fsp3) is 0.294. The number of hydroxylamine groups is 1. The highest BCUT2D eigenvalue weighted by atomic mass is 16.5. The molecule has 1 aliphatic heterocycles. The number of benzene rings is 1. The van der Waals surface area contributed by atoms with Crippen LogP contribution in [0.5, 0.6) is 5.75 Å². The molecule has 9 nitrogen and oxygen atoms in total. The van der Waals surface area contributed by atoms with Crippen LogP contribution in [-0.2, 0) is 6.54 Å². The second-order valence-corrected chi connectivity index (χ2v) is 6.27. The van der Waals surface area contributed by atoms with Crippen LogP contribution in [0.25, 0.3) is 22.9 Å². The Morgan fingerprint density at radius 1 is 1.35 bits per heavy atom. The van der Waals surface area contributed by atoms with Gasteiger partial charge in [-0.2, -0.15) is 5.10 Å². The van der Waals surface area contributed by atoms with E-state index in [1.165, 1.54) is 6.33 Å². The number of aromatic nitrogens is 5. The van der Waals surface area contributed by atoms with E-state index < -0.39 is 5.91 Å². The van der Waals surface area contributed by atoms with Gasteiger partial charge in [0.25, 0.3) is 5.91 Å². The average Bonchev–Trinajstić information content (AvgIpc) is 3.25. The van der Waals surface area contributed by atoms with Crippen LogP contribution in [-0.4, -0.2) is 42.0 Å². The Kier molecular flexibility index (Phi) is 3.92. The summed E-state index contributed by atoms with van der Waals surface area (Å²) < 4.78 is 9.60. The van der Waals surface area contributed by atoms with Gasteiger partial charge in [0.15, 0.2) is 5.82 Å². The van der Waals surface area contributed by atoms with Gasteiger partial charge in [0.2, 0.25) is 0 Å². The van der Waals surface area contributed by atoms with Crippen LogP contribution in [0.2, 0.25) is 0 Å². The van der Waals surface area contributed by atoms with E-state index in [9.17, 15) is 4.79 Å². The Morgan fingerprint density at radius 2 is 2.19 bits per heavy atom. The van der Waals surface area contributed by atoms with Crippen molar-refractivity contribution in [1.82, 2.24) is 29.8 Å². The van der Waals surface area contributed by atoms with E-state index in [-0.39, 0.29) is 6.04 Å². The van der Waals surface area contributed by atoms with E-state index in [1.807, 2.05) is 29.3 Å². The molecule has 134 valence electrons. The zero-order valence-corrected chi connectivity index (χ0v) is 14.4. The number of amides is 1. The lowest BCUT2D eigenvalue weighted by atomic mass is 10.1. The van der Waals surface area contributed by atoms with Crippen LogP contribution in [0.1, 0.15) is 30.2 Å². The summed E-state index contributed by atoms with van der Waals surface area (Å²) in [6.45, 7) is 5.14. The van der Waals surface area contributed by atoms with Gasteiger partial charge in [-0.15, -0.1) is 0 Å². The zero-order chi connectivity index (χ0) is 18.3. The molecule has 9 heteroatoms. The predicted octanol–water partition coefficient (Wildman–Crippen LogP) is 1.90. The lowest BCUT2D eigenvalue weighted by Gasteiger charge is -2.08. The first kappa shape index (κ1) is 16.3. The van der Waals surface area contributed by atoms with Crippen molar-refractivity contribution < 1.29 is 14.7 Å². The first-order chi connectivity index (χ1) is 12.6. The molecule has 0 radical (unpaired) electrons. The molecule has 4 rings (SSSR count). The van der Waals surface area contributed by atoms with Crippen LogP contribution < -0.4 is 10.2 Å². The first-order valence-corrected chi connectivity index (χ1v) is 8.27. The van der Waals surface area contributed by atoms with Crippen LogP contribution in [0.3, 0.4) is 0 Å². The molecule has 0 unspecified atom stereocenters. The average molecular weight is 354 g/mol. The summed E-state index contributed by atoms with van der Waals surface area (Å²) in [6.07, 6.45) is 3.46. The van der Waals surface area contributed by atoms with Gasteiger partial charge in [-0.25, -0.2) is 20.1 Å². The van der Waals surface area contributed by atoms with Gasteiger partial charge >= 0.3 is 0 Å². The molecule has 2 aromatic heterocycles. The van der Waals surface area contributed by atoms with Crippen molar-refractivity contribution in [1.29, 1.82) is 0 Å². The third kappa shape index (κ3) is 2.62. The van der Waals surface area contributed by atoms with Crippen molar-refractivity contribution in [3.8, 4) is 28.7 Å². The second-order valence-electron chi connectivity index (χ2n) is 6.27. The van der Waals surface area contributed by atoms with E-state index in [4.69, 9.17) is 14.9 Å². The highest BCUT2D eigenvalue weighted by molar-refractivity contribution is 5.94. The summed E-state index contributed by atoms with van der Waals surface area (Å²) in [5.41, 5.74) is 3.45. The summed E-state index contributed by atoms with van der Waals surface area (Å²) in [7, 11) is 0. The monoisotopic (exact) mass is 354 g/mol. The lowest BCUT2D eigenvalue weighted by molar-refractivity contribution is 0.0706. The van der Waals surface area contributed by atoms with E-state index >= 15 is 0 Å². The van der Waals surface area contributed by atoms with Gasteiger partial charge in [-0.1, -0.05) is 0 Å². The van der Waals surface area contributed by atoms with E-state index in [1.54, 1.807) is 23.7 Å². The Hall–Kier alpha value is -3.20. The van der Waals surface area contributed by atoms with Gasteiger partial charge in [-0.3, -0.25) is 10.0 Å². The first-order valence-electron chi connectivity index (χ1n) is 8.27. The van der Waals surface area contributed by atoms with E-state index in [0.29, 0.717) is 30.3 Å². The minimum atomic E-state index is -0.588. The summed E-state index contributed by atoms with van der Waals surface area (Å²) in [4.78, 5) is 20.7. The van der Waals surface area contributed by atoms with Crippen molar-refractivity contribution in [2.45, 2.75) is 26.4 Å². The second kappa shape index (κ2) is 6.26. The SMILES string of the molecule is CC(C)n1ncnc1-c1cn2c(n1)-c1ccc(C(=O)NO)cc1OCC2. The van der Waals surface area contributed by atoms with Crippen molar-refractivity contribution in [2.75, 3.05) is 6.61 Å². The highest BCUT2D eigenvalue weighted by Crippen LogP contribution is 2.34. The van der Waals surface area contributed by atoms with Crippen LogP contribution >= 0.6 is 0 Å². The summed E-state index contributed by atoms with van der Waals surface area (Å²) in [6, 6.07) is 5.15. The number of carbonyl (C=O) groups excluding carboxylic acids is 1. The molecule has 0 fully saturated rings. The molecule has 0 saturated carbocycles. The topological polar surface area (TPSA) is 107 Å². The van der Waals surface area contributed by atoms with E-state index in [2.05, 4.69) is 10.1 Å². The summed E-state index contributed by atoms with van der Waals surface area (Å²) >= 11 is 0. The number of hydrogen-bond donors (Lipinski definition) is 2. The molecule has 0 aliphatic carbocycles. The maximum Gasteiger partial charge on any atom is 0.274 e. The van der Waals surface area contributed by atoms with Crippen LogP contribution in [0, 0.1) is 0 Å². The Morgan fingerprint density at radius 3 is 2.96 bits per heavy atom. The van der Waals surface area contributed by atoms with Crippen molar-refractivity contribution in [3.05, 3.63) is 36.3 Å². The molecule has 0 saturated heterocycles. The molecule has 2 N–H and O–H groups in total. The molecule has 1 amide bonds. The molecule has 0 atom stereocenters. The number of hydrogen-bond acceptors (Lipinski definition) is 6. The number of carbonyl (C=O) groups is 1. The number of rotatable bonds is 3. The predicted molar refractivity (Wildman–Crippen MR) is 91.8 cm³/mol. The lowest BCUT2D eigenvalue weighted by Crippen LogP contribution is -2.18. The highest BCUT2D eigenvalue weighted by Gasteiger charge is 2.22. The van der Waals surface area contributed by atoms with Gasteiger partial charge in [-0.05, 0) is 32.0 Å². The minimum Gasteiger partial charge on any atom is -0.491 e. The maximum atomic E-state index is 11.6. The summed E-state index contributed by atoms with van der Waals surface area (Å²) in [5, 5.41) is 13.1. The van der Waals surface area contributed by atoms with Gasteiger partial charge in [0, 0.05) is 17.8 Å². The van der Waals surface area contributed by atoms with Crippen molar-refractivity contribution in [3.63, 3.8) is 0 Å². The van der Waals surface area contributed by atoms with Crippen LogP contribution in [0.4, 0.5) is 0 Å². The van der Waals surface area contributed by atoms with Gasteiger partial charge in [0.1, 0.15) is 30.2 Å². The van der Waals surface area contributed by atoms with Gasteiger partial charge < -0.3 is 9.30 Å². The maximum absolute atomic E-state index is 11.6. The molecule has 3 aromatic rings. The molecular formula is C17H18N6O3. The standard InChI is InChI=1S/C17H18N6O3/c1-10(2)23-16(18-9-19-23)13-8-22-5-6-26-14-7-11(17(24)21-25)3-4-12(14)15(22)20-13/h3-4,7-10,25H,5-6H2,1-2H3,(H,21,24). The normalized spacial score (nSPS) is 12.9. The van der Waals surface area contributed by atoms with Crippen LogP contribution in [0.15, 0.2) is 30.7 Å². The van der Waals surface area contributed by atoms with Crippen molar-refractivity contribution in [2.24, 2.45) is 0 Å². The fourth-order valence-electron chi connectivity index (χ4n) is 3.01. The number of nitrogens with one attached hydrogen (secondary N) is 1. The molecule has 3 heterocycles. The molecule has 26 heavy (non-hydrogen) atoms. The molecule has 1 aromatic carbocycles. The van der Waals surface area contributed by atoms with Gasteiger partial charge in [0.05, 0.1) is 12.1 Å². The molecule has 0 bridgehead atoms. The third-order valence-electron chi connectivity index (χ3n) is 4.24. The van der Waals surface area contributed by atoms with Crippen molar-refractivity contribution >= 4 is 5.91 Å². The third-order valence-corrected chi connectivity index (χ3v) is 4.24. The quantitative estimate of drug-likeness (QED) is 0.549. The Bertz CT molecular complexity index is 975. The fourth-order valence-corrected chi connectivity index (χ4v) is 3.01. The van der Waals surface area contributed by atoms with E-state index in [0.717, 1.165) is 17.1 Å². The number of imidazole rings is 1. The largest absolute Gasteiger partial charge is 0.491 e. The zero-order valence-electron chi connectivity index (χ0n) is 14.4.